The first-order chi connectivity index (χ1) is 12.6. The van der Waals surface area contributed by atoms with Gasteiger partial charge in [0.25, 0.3) is 11.8 Å². The molecule has 2 aliphatic carbocycles. The van der Waals surface area contributed by atoms with E-state index in [0.717, 1.165) is 21.6 Å². The molecule has 3 aliphatic rings. The molecule has 2 bridgehead atoms. The molecule has 4 atom stereocenters. The van der Waals surface area contributed by atoms with Crippen LogP contribution in [0.4, 0.5) is 5.69 Å². The molecule has 2 N–H and O–H groups in total. The maximum Gasteiger partial charge on any atom is 0.253 e. The second-order valence-corrected chi connectivity index (χ2v) is 9.63. The number of nitrogens with one attached hydrogen (secondary N) is 2. The minimum absolute atomic E-state index is 0.178. The van der Waals surface area contributed by atoms with Gasteiger partial charge in [-0.05, 0) is 56.8 Å². The molecule has 4 unspecified atom stereocenters. The molecular formula is C20H22BrN3O2S. The lowest BCUT2D eigenvalue weighted by molar-refractivity contribution is -0.143. The third-order valence-corrected chi connectivity index (χ3v) is 7.73. The van der Waals surface area contributed by atoms with Crippen LogP contribution in [0.3, 0.4) is 0 Å². The quantitative estimate of drug-likeness (QED) is 0.407. The monoisotopic (exact) mass is 447 g/mol. The van der Waals surface area contributed by atoms with Crippen LogP contribution < -0.4 is 10.7 Å². The normalized spacial score (nSPS) is 34.3. The molecule has 1 aromatic carbocycles. The van der Waals surface area contributed by atoms with E-state index in [-0.39, 0.29) is 39.6 Å². The van der Waals surface area contributed by atoms with Crippen molar-refractivity contribution in [2.24, 2.45) is 22.7 Å². The zero-order valence-electron chi connectivity index (χ0n) is 15.7. The van der Waals surface area contributed by atoms with E-state index in [0.29, 0.717) is 0 Å². The van der Waals surface area contributed by atoms with Crippen LogP contribution in [0.15, 0.2) is 39.9 Å². The van der Waals surface area contributed by atoms with Crippen molar-refractivity contribution in [3.05, 3.63) is 39.9 Å². The van der Waals surface area contributed by atoms with Crippen molar-refractivity contribution < 1.29 is 9.59 Å². The Morgan fingerprint density at radius 3 is 2.04 bits per heavy atom. The van der Waals surface area contributed by atoms with Gasteiger partial charge in [0.15, 0.2) is 5.11 Å². The predicted molar refractivity (Wildman–Crippen MR) is 112 cm³/mol. The smallest absolute Gasteiger partial charge is 0.253 e. The molecule has 1 aromatic rings. The summed E-state index contributed by atoms with van der Waals surface area (Å²) in [4.78, 5) is 26.3. The number of fused-ring (bicyclic) bond motifs is 5. The van der Waals surface area contributed by atoms with E-state index in [4.69, 9.17) is 12.2 Å². The summed E-state index contributed by atoms with van der Waals surface area (Å²) in [5.41, 5.74) is 5.60. The van der Waals surface area contributed by atoms with Gasteiger partial charge in [-0.15, -0.1) is 0 Å². The number of carbonyl (C=O) groups is 2. The lowest BCUT2D eigenvalue weighted by atomic mass is 9.66. The first-order valence-corrected chi connectivity index (χ1v) is 10.2. The van der Waals surface area contributed by atoms with Crippen molar-refractivity contribution in [2.75, 3.05) is 5.32 Å². The Labute approximate surface area is 172 Å². The molecule has 1 saturated heterocycles. The highest BCUT2D eigenvalue weighted by molar-refractivity contribution is 9.10. The molecule has 0 spiro atoms. The summed E-state index contributed by atoms with van der Waals surface area (Å²) in [6.07, 6.45) is 0.861. The van der Waals surface area contributed by atoms with Crippen molar-refractivity contribution in [2.45, 2.75) is 34.1 Å². The molecule has 5 nitrogen and oxygen atoms in total. The highest BCUT2D eigenvalue weighted by Gasteiger charge is 2.72. The van der Waals surface area contributed by atoms with Gasteiger partial charge >= 0.3 is 0 Å². The summed E-state index contributed by atoms with van der Waals surface area (Å²) >= 11 is 8.71. The standard InChI is InChI=1S/C20H22BrN3O2S/c1-10-11(2)20(4)9-19(10,3)14-15(20)17(26)24(16(14)25)23-18(27)22-13-7-5-12(21)6-8-13/h5-8,14-15H,9H2,1-4H3,(H2,22,23,27). The second kappa shape index (κ2) is 5.88. The predicted octanol–water partition coefficient (Wildman–Crippen LogP) is 4.02. The first kappa shape index (κ1) is 18.6. The average Bonchev–Trinajstić information content (AvgIpc) is 3.08. The van der Waals surface area contributed by atoms with Crippen LogP contribution in [0.25, 0.3) is 0 Å². The van der Waals surface area contributed by atoms with Crippen LogP contribution in [0, 0.1) is 22.7 Å². The van der Waals surface area contributed by atoms with E-state index in [1.807, 2.05) is 24.3 Å². The summed E-state index contributed by atoms with van der Waals surface area (Å²) in [7, 11) is 0. The minimum atomic E-state index is -0.318. The maximum atomic E-state index is 13.1. The first-order valence-electron chi connectivity index (χ1n) is 8.99. The van der Waals surface area contributed by atoms with Crippen molar-refractivity contribution in [1.82, 2.24) is 10.4 Å². The molecule has 142 valence electrons. The van der Waals surface area contributed by atoms with Gasteiger partial charge < -0.3 is 5.32 Å². The van der Waals surface area contributed by atoms with E-state index in [9.17, 15) is 9.59 Å². The lowest BCUT2D eigenvalue weighted by Crippen LogP contribution is -2.49. The molecule has 0 radical (unpaired) electrons. The second-order valence-electron chi connectivity index (χ2n) is 8.30. The number of amides is 2. The molecule has 2 amide bonds. The number of imide groups is 1. The lowest BCUT2D eigenvalue weighted by Gasteiger charge is -2.34. The number of carbonyl (C=O) groups excluding carboxylic acids is 2. The van der Waals surface area contributed by atoms with Gasteiger partial charge in [-0.3, -0.25) is 15.0 Å². The van der Waals surface area contributed by atoms with Crippen molar-refractivity contribution >= 4 is 50.8 Å². The zero-order valence-corrected chi connectivity index (χ0v) is 18.1. The van der Waals surface area contributed by atoms with Crippen molar-refractivity contribution in [3.8, 4) is 0 Å². The van der Waals surface area contributed by atoms with Gasteiger partial charge in [-0.2, -0.15) is 5.01 Å². The van der Waals surface area contributed by atoms with Gasteiger partial charge in [0.2, 0.25) is 0 Å². The van der Waals surface area contributed by atoms with Gasteiger partial charge in [-0.1, -0.05) is 40.9 Å². The summed E-state index contributed by atoms with van der Waals surface area (Å²) in [6.45, 7) is 8.44. The minimum Gasteiger partial charge on any atom is -0.331 e. The summed E-state index contributed by atoms with van der Waals surface area (Å²) in [5.74, 6) is -0.991. The summed E-state index contributed by atoms with van der Waals surface area (Å²) in [5, 5.41) is 4.38. The Balaban J connectivity index is 1.56. The average molecular weight is 448 g/mol. The molecule has 1 aliphatic heterocycles. The van der Waals surface area contributed by atoms with E-state index >= 15 is 0 Å². The number of hydrogen-bond donors (Lipinski definition) is 2. The Bertz CT molecular complexity index is 870. The number of benzene rings is 1. The Morgan fingerprint density at radius 1 is 1.07 bits per heavy atom. The third-order valence-electron chi connectivity index (χ3n) is 7.00. The van der Waals surface area contributed by atoms with Crippen LogP contribution in [0.1, 0.15) is 34.1 Å². The number of hydrazine groups is 1. The highest BCUT2D eigenvalue weighted by Crippen LogP contribution is 2.71. The highest BCUT2D eigenvalue weighted by atomic mass is 79.9. The molecule has 1 heterocycles. The number of hydrogen-bond acceptors (Lipinski definition) is 3. The van der Waals surface area contributed by atoms with E-state index in [1.54, 1.807) is 0 Å². The Hall–Kier alpha value is -1.73. The van der Waals surface area contributed by atoms with Crippen LogP contribution in [0.2, 0.25) is 0 Å². The molecule has 1 saturated carbocycles. The number of anilines is 1. The fourth-order valence-electron chi connectivity index (χ4n) is 5.43. The topological polar surface area (TPSA) is 61.4 Å². The SMILES string of the molecule is CC1=C(C)C2(C)CC1(C)C1C(=O)N(NC(=S)Nc3ccc(Br)cc3)C(=O)C12. The third kappa shape index (κ3) is 2.44. The van der Waals surface area contributed by atoms with Crippen molar-refractivity contribution in [1.29, 1.82) is 0 Å². The fourth-order valence-corrected chi connectivity index (χ4v) is 5.90. The molecular weight excluding hydrogens is 426 g/mol. The zero-order chi connectivity index (χ0) is 19.7. The van der Waals surface area contributed by atoms with Crippen LogP contribution in [-0.4, -0.2) is 21.9 Å². The van der Waals surface area contributed by atoms with Gasteiger partial charge in [0, 0.05) is 21.0 Å². The van der Waals surface area contributed by atoms with Gasteiger partial charge in [0.05, 0.1) is 11.8 Å². The van der Waals surface area contributed by atoms with Crippen LogP contribution >= 0.6 is 28.1 Å². The van der Waals surface area contributed by atoms with Crippen LogP contribution in [0.5, 0.6) is 0 Å². The largest absolute Gasteiger partial charge is 0.331 e. The number of thiocarbonyl (C=S) groups is 1. The molecule has 4 rings (SSSR count). The van der Waals surface area contributed by atoms with E-state index in [1.165, 1.54) is 11.1 Å². The van der Waals surface area contributed by atoms with E-state index in [2.05, 4.69) is 54.4 Å². The number of rotatable bonds is 2. The van der Waals surface area contributed by atoms with Crippen molar-refractivity contribution in [3.63, 3.8) is 0 Å². The summed E-state index contributed by atoms with van der Waals surface area (Å²) < 4.78 is 0.958. The fraction of sp³-hybridized carbons (Fsp3) is 0.450. The van der Waals surface area contributed by atoms with Gasteiger partial charge in [0.1, 0.15) is 0 Å². The number of nitrogens with zero attached hydrogens (tertiary/aromatic N) is 1. The molecule has 0 aromatic heterocycles. The maximum absolute atomic E-state index is 13.1. The van der Waals surface area contributed by atoms with Crippen LogP contribution in [-0.2, 0) is 9.59 Å². The Morgan fingerprint density at radius 2 is 1.56 bits per heavy atom. The number of halogens is 1. The molecule has 7 heteroatoms. The summed E-state index contributed by atoms with van der Waals surface area (Å²) in [6, 6.07) is 7.49. The van der Waals surface area contributed by atoms with E-state index < -0.39 is 0 Å². The molecule has 2 fully saturated rings. The van der Waals surface area contributed by atoms with Gasteiger partial charge in [-0.25, -0.2) is 0 Å². The Kier molecular flexibility index (Phi) is 4.06. The molecule has 27 heavy (non-hydrogen) atoms. The number of allylic oxidation sites excluding steroid dienone is 2.